The Morgan fingerprint density at radius 1 is 1.60 bits per heavy atom. The van der Waals surface area contributed by atoms with Crippen molar-refractivity contribution in [3.8, 4) is 0 Å². The van der Waals surface area contributed by atoms with Gasteiger partial charge in [-0.3, -0.25) is 0 Å². The highest BCUT2D eigenvalue weighted by molar-refractivity contribution is 4.84. The quantitative estimate of drug-likeness (QED) is 0.597. The van der Waals surface area contributed by atoms with E-state index in [1.807, 2.05) is 13.0 Å². The molecule has 0 fully saturated rings. The van der Waals surface area contributed by atoms with E-state index in [0.29, 0.717) is 0 Å². The third-order valence-corrected chi connectivity index (χ3v) is 1.96. The maximum atomic E-state index is 9.47. The second kappa shape index (κ2) is 3.77. The standard InChI is InChI=1S/C9H18O/c1-5-7-9(3,4)8(10)6-2/h5,8,10H,1,6-7H2,2-4H3. The van der Waals surface area contributed by atoms with E-state index < -0.39 is 0 Å². The van der Waals surface area contributed by atoms with Crippen LogP contribution in [0.1, 0.15) is 33.6 Å². The smallest absolute Gasteiger partial charge is 0.0591 e. The summed E-state index contributed by atoms with van der Waals surface area (Å²) < 4.78 is 0. The fourth-order valence-corrected chi connectivity index (χ4v) is 1.06. The predicted octanol–water partition coefficient (Wildman–Crippen LogP) is 2.36. The van der Waals surface area contributed by atoms with Gasteiger partial charge in [-0.05, 0) is 18.3 Å². The van der Waals surface area contributed by atoms with Crippen LogP contribution in [0.25, 0.3) is 0 Å². The molecule has 60 valence electrons. The molecule has 0 heterocycles. The number of hydrogen-bond acceptors (Lipinski definition) is 1. The van der Waals surface area contributed by atoms with Gasteiger partial charge >= 0.3 is 0 Å². The third kappa shape index (κ3) is 2.53. The highest BCUT2D eigenvalue weighted by atomic mass is 16.3. The van der Waals surface area contributed by atoms with Gasteiger partial charge in [-0.15, -0.1) is 6.58 Å². The summed E-state index contributed by atoms with van der Waals surface area (Å²) in [4.78, 5) is 0. The van der Waals surface area contributed by atoms with Crippen LogP contribution >= 0.6 is 0 Å². The van der Waals surface area contributed by atoms with Crippen LogP contribution in [0.3, 0.4) is 0 Å². The number of aliphatic hydroxyl groups excluding tert-OH is 1. The first-order valence-electron chi connectivity index (χ1n) is 3.83. The zero-order valence-corrected chi connectivity index (χ0v) is 7.22. The molecule has 1 nitrogen and oxygen atoms in total. The molecule has 0 aliphatic rings. The molecule has 0 radical (unpaired) electrons. The normalized spacial score (nSPS) is 14.8. The monoisotopic (exact) mass is 142 g/mol. The van der Waals surface area contributed by atoms with Crippen molar-refractivity contribution in [2.24, 2.45) is 5.41 Å². The molecule has 0 aliphatic carbocycles. The Hall–Kier alpha value is -0.300. The van der Waals surface area contributed by atoms with E-state index >= 15 is 0 Å². The van der Waals surface area contributed by atoms with E-state index in [2.05, 4.69) is 20.4 Å². The molecule has 0 aromatic heterocycles. The molecule has 0 saturated heterocycles. The number of allylic oxidation sites excluding steroid dienone is 1. The van der Waals surface area contributed by atoms with Crippen molar-refractivity contribution >= 4 is 0 Å². The molecule has 0 rings (SSSR count). The second-order valence-electron chi connectivity index (χ2n) is 3.41. The van der Waals surface area contributed by atoms with Gasteiger partial charge in [-0.2, -0.15) is 0 Å². The minimum atomic E-state index is -0.203. The SMILES string of the molecule is C=CCC(C)(C)C(O)CC. The minimum Gasteiger partial charge on any atom is -0.393 e. The Morgan fingerprint density at radius 2 is 2.10 bits per heavy atom. The van der Waals surface area contributed by atoms with E-state index in [0.717, 1.165) is 12.8 Å². The van der Waals surface area contributed by atoms with Gasteiger partial charge in [0, 0.05) is 0 Å². The highest BCUT2D eigenvalue weighted by Gasteiger charge is 2.24. The Kier molecular flexibility index (Phi) is 3.66. The van der Waals surface area contributed by atoms with Gasteiger partial charge in [0.1, 0.15) is 0 Å². The van der Waals surface area contributed by atoms with E-state index in [4.69, 9.17) is 0 Å². The van der Waals surface area contributed by atoms with E-state index in [-0.39, 0.29) is 11.5 Å². The maximum Gasteiger partial charge on any atom is 0.0591 e. The fraction of sp³-hybridized carbons (Fsp3) is 0.778. The van der Waals surface area contributed by atoms with Crippen molar-refractivity contribution in [1.82, 2.24) is 0 Å². The van der Waals surface area contributed by atoms with Crippen LogP contribution in [-0.2, 0) is 0 Å². The lowest BCUT2D eigenvalue weighted by molar-refractivity contribution is 0.0492. The molecule has 0 bridgehead atoms. The summed E-state index contributed by atoms with van der Waals surface area (Å²) in [6.45, 7) is 9.76. The van der Waals surface area contributed by atoms with Gasteiger partial charge in [0.05, 0.1) is 6.10 Å². The van der Waals surface area contributed by atoms with Crippen molar-refractivity contribution < 1.29 is 5.11 Å². The molecule has 0 spiro atoms. The highest BCUT2D eigenvalue weighted by Crippen LogP contribution is 2.26. The summed E-state index contributed by atoms with van der Waals surface area (Å²) in [5, 5.41) is 9.47. The molecule has 0 amide bonds. The van der Waals surface area contributed by atoms with Crippen molar-refractivity contribution in [1.29, 1.82) is 0 Å². The van der Waals surface area contributed by atoms with Gasteiger partial charge in [0.25, 0.3) is 0 Å². The molecular weight excluding hydrogens is 124 g/mol. The molecule has 1 N–H and O–H groups in total. The van der Waals surface area contributed by atoms with Gasteiger partial charge in [-0.25, -0.2) is 0 Å². The Balaban J connectivity index is 3.94. The van der Waals surface area contributed by atoms with Crippen molar-refractivity contribution in [2.75, 3.05) is 0 Å². The van der Waals surface area contributed by atoms with E-state index in [1.54, 1.807) is 0 Å². The first-order valence-corrected chi connectivity index (χ1v) is 3.83. The number of aliphatic hydroxyl groups is 1. The predicted molar refractivity (Wildman–Crippen MR) is 44.9 cm³/mol. The molecule has 10 heavy (non-hydrogen) atoms. The summed E-state index contributed by atoms with van der Waals surface area (Å²) in [6, 6.07) is 0. The molecule has 0 aromatic rings. The summed E-state index contributed by atoms with van der Waals surface area (Å²) >= 11 is 0. The molecular formula is C9H18O. The Morgan fingerprint density at radius 3 is 2.40 bits per heavy atom. The summed E-state index contributed by atoms with van der Waals surface area (Å²) in [5.41, 5.74) is -0.00347. The number of hydrogen-bond donors (Lipinski definition) is 1. The van der Waals surface area contributed by atoms with Gasteiger partial charge in [0.15, 0.2) is 0 Å². The Labute approximate surface area is 63.8 Å². The first kappa shape index (κ1) is 9.70. The van der Waals surface area contributed by atoms with Crippen molar-refractivity contribution in [3.05, 3.63) is 12.7 Å². The van der Waals surface area contributed by atoms with Gasteiger partial charge < -0.3 is 5.11 Å². The van der Waals surface area contributed by atoms with Crippen molar-refractivity contribution in [2.45, 2.75) is 39.7 Å². The van der Waals surface area contributed by atoms with E-state index in [9.17, 15) is 5.11 Å². The summed E-state index contributed by atoms with van der Waals surface area (Å²) in [7, 11) is 0. The second-order valence-corrected chi connectivity index (χ2v) is 3.41. The fourth-order valence-electron chi connectivity index (χ4n) is 1.06. The number of rotatable bonds is 4. The maximum absolute atomic E-state index is 9.47. The van der Waals surface area contributed by atoms with Crippen LogP contribution in [-0.4, -0.2) is 11.2 Å². The lowest BCUT2D eigenvalue weighted by Gasteiger charge is -2.28. The molecule has 1 atom stereocenters. The van der Waals surface area contributed by atoms with Crippen molar-refractivity contribution in [3.63, 3.8) is 0 Å². The van der Waals surface area contributed by atoms with Crippen LogP contribution in [0.15, 0.2) is 12.7 Å². The Bertz CT molecular complexity index is 105. The zero-order chi connectivity index (χ0) is 8.20. The largest absolute Gasteiger partial charge is 0.393 e. The average molecular weight is 142 g/mol. The summed E-state index contributed by atoms with van der Waals surface area (Å²) in [6.07, 6.45) is 3.35. The zero-order valence-electron chi connectivity index (χ0n) is 7.22. The van der Waals surface area contributed by atoms with Crippen LogP contribution in [0.4, 0.5) is 0 Å². The molecule has 1 heteroatoms. The van der Waals surface area contributed by atoms with Crippen LogP contribution in [0, 0.1) is 5.41 Å². The average Bonchev–Trinajstić information content (AvgIpc) is 1.86. The van der Waals surface area contributed by atoms with Gasteiger partial charge in [-0.1, -0.05) is 26.8 Å². The molecule has 0 aliphatic heterocycles. The molecule has 1 unspecified atom stereocenters. The summed E-state index contributed by atoms with van der Waals surface area (Å²) in [5.74, 6) is 0. The molecule has 0 saturated carbocycles. The van der Waals surface area contributed by atoms with Crippen LogP contribution in [0.5, 0.6) is 0 Å². The third-order valence-electron chi connectivity index (χ3n) is 1.96. The minimum absolute atomic E-state index is 0.00347. The molecule has 0 aromatic carbocycles. The van der Waals surface area contributed by atoms with Gasteiger partial charge in [0.2, 0.25) is 0 Å². The van der Waals surface area contributed by atoms with E-state index in [1.165, 1.54) is 0 Å². The van der Waals surface area contributed by atoms with Crippen LogP contribution in [0.2, 0.25) is 0 Å². The lowest BCUT2D eigenvalue weighted by Crippen LogP contribution is -2.27. The topological polar surface area (TPSA) is 20.2 Å². The first-order chi connectivity index (χ1) is 4.54. The van der Waals surface area contributed by atoms with Crippen LogP contribution < -0.4 is 0 Å². The lowest BCUT2D eigenvalue weighted by atomic mass is 9.82.